The number of nitrogens with two attached hydrogens (primary N) is 1. The molecule has 0 aromatic heterocycles. The largest absolute Gasteiger partial charge is 0.490 e. The molecule has 8 nitrogen and oxygen atoms in total. The summed E-state index contributed by atoms with van der Waals surface area (Å²) in [7, 11) is 0. The first-order valence-corrected chi connectivity index (χ1v) is 12.7. The quantitative estimate of drug-likeness (QED) is 0.256. The van der Waals surface area contributed by atoms with E-state index >= 15 is 0 Å². The third kappa shape index (κ3) is 10.5. The Labute approximate surface area is 220 Å². The van der Waals surface area contributed by atoms with Gasteiger partial charge in [-0.3, -0.25) is 14.4 Å². The SMILES string of the molecule is C=CCOc1ccc(C[C@H](N)C(=O)N[C@@H](CC(C)C)C(=O)N[C@@H](CC=C)C(=O)NCC2C=CC=C2)cc1. The fraction of sp³-hybridized carbons (Fsp3) is 0.414. The fourth-order valence-electron chi connectivity index (χ4n) is 3.83. The zero-order chi connectivity index (χ0) is 27.2. The Balaban J connectivity index is 1.97. The molecule has 200 valence electrons. The molecule has 1 aliphatic rings. The average Bonchev–Trinajstić information content (AvgIpc) is 3.39. The molecule has 0 aliphatic heterocycles. The number of rotatable bonds is 16. The molecule has 8 heteroatoms. The first-order valence-electron chi connectivity index (χ1n) is 12.7. The van der Waals surface area contributed by atoms with Gasteiger partial charge in [-0.15, -0.1) is 6.58 Å². The fourth-order valence-corrected chi connectivity index (χ4v) is 3.83. The second-order valence-corrected chi connectivity index (χ2v) is 9.51. The molecule has 1 aromatic carbocycles. The van der Waals surface area contributed by atoms with Crippen LogP contribution in [0.2, 0.25) is 0 Å². The summed E-state index contributed by atoms with van der Waals surface area (Å²) in [6.45, 7) is 12.1. The minimum absolute atomic E-state index is 0.128. The third-order valence-electron chi connectivity index (χ3n) is 5.80. The zero-order valence-corrected chi connectivity index (χ0v) is 21.8. The molecular weight excluding hydrogens is 468 g/mol. The van der Waals surface area contributed by atoms with E-state index in [1.807, 2.05) is 62.4 Å². The minimum Gasteiger partial charge on any atom is -0.490 e. The topological polar surface area (TPSA) is 123 Å². The van der Waals surface area contributed by atoms with E-state index in [-0.39, 0.29) is 24.2 Å². The van der Waals surface area contributed by atoms with E-state index in [1.54, 1.807) is 12.2 Å². The second kappa shape index (κ2) is 15.5. The molecular formula is C29H40N4O4. The standard InChI is InChI=1S/C29H40N4O4/c1-5-9-25(28(35)31-19-22-10-7-8-11-22)32-29(36)26(17-20(3)4)33-27(34)24(30)18-21-12-14-23(15-13-21)37-16-6-2/h5-8,10-15,20,22,24-26H,1-2,9,16-19,30H2,3-4H3,(H,31,35)(H,32,36)(H,33,34)/t24-,25-,26-/m0/s1. The molecule has 3 amide bonds. The van der Waals surface area contributed by atoms with Crippen molar-refractivity contribution in [3.05, 3.63) is 79.4 Å². The summed E-state index contributed by atoms with van der Waals surface area (Å²) in [5.41, 5.74) is 7.04. The van der Waals surface area contributed by atoms with Gasteiger partial charge in [0.05, 0.1) is 6.04 Å². The number of amides is 3. The molecule has 3 atom stereocenters. The van der Waals surface area contributed by atoms with Gasteiger partial charge in [0.2, 0.25) is 17.7 Å². The van der Waals surface area contributed by atoms with Crippen LogP contribution in [-0.4, -0.2) is 49.0 Å². The molecule has 1 aromatic rings. The van der Waals surface area contributed by atoms with Crippen molar-refractivity contribution in [3.8, 4) is 5.75 Å². The molecule has 0 spiro atoms. The van der Waals surface area contributed by atoms with Crippen molar-refractivity contribution in [1.29, 1.82) is 0 Å². The van der Waals surface area contributed by atoms with Gasteiger partial charge in [0, 0.05) is 12.5 Å². The molecule has 0 unspecified atom stereocenters. The molecule has 37 heavy (non-hydrogen) atoms. The van der Waals surface area contributed by atoms with Crippen LogP contribution in [0.25, 0.3) is 0 Å². The highest BCUT2D eigenvalue weighted by Gasteiger charge is 2.28. The molecule has 2 rings (SSSR count). The van der Waals surface area contributed by atoms with E-state index in [1.165, 1.54) is 0 Å². The van der Waals surface area contributed by atoms with Gasteiger partial charge in [-0.05, 0) is 42.9 Å². The number of hydrogen-bond acceptors (Lipinski definition) is 5. The molecule has 0 saturated carbocycles. The van der Waals surface area contributed by atoms with Crippen molar-refractivity contribution in [2.24, 2.45) is 17.6 Å². The monoisotopic (exact) mass is 508 g/mol. The first-order chi connectivity index (χ1) is 17.7. The van der Waals surface area contributed by atoms with Gasteiger partial charge in [-0.25, -0.2) is 0 Å². The lowest BCUT2D eigenvalue weighted by atomic mass is 10.0. The van der Waals surface area contributed by atoms with Crippen LogP contribution < -0.4 is 26.4 Å². The van der Waals surface area contributed by atoms with Crippen LogP contribution in [0.1, 0.15) is 32.3 Å². The van der Waals surface area contributed by atoms with Crippen molar-refractivity contribution < 1.29 is 19.1 Å². The Morgan fingerprint density at radius 1 is 0.973 bits per heavy atom. The highest BCUT2D eigenvalue weighted by Crippen LogP contribution is 2.14. The number of nitrogens with one attached hydrogen (secondary N) is 3. The van der Waals surface area contributed by atoms with Crippen molar-refractivity contribution in [3.63, 3.8) is 0 Å². The number of carbonyl (C=O) groups excluding carboxylic acids is 3. The normalized spacial score (nSPS) is 15.0. The van der Waals surface area contributed by atoms with Gasteiger partial charge in [-0.1, -0.05) is 69.0 Å². The van der Waals surface area contributed by atoms with E-state index in [4.69, 9.17) is 10.5 Å². The molecule has 0 radical (unpaired) electrons. The van der Waals surface area contributed by atoms with Crippen LogP contribution in [0.4, 0.5) is 0 Å². The number of allylic oxidation sites excluding steroid dienone is 2. The van der Waals surface area contributed by atoms with Crippen molar-refractivity contribution >= 4 is 17.7 Å². The van der Waals surface area contributed by atoms with Crippen molar-refractivity contribution in [1.82, 2.24) is 16.0 Å². The third-order valence-corrected chi connectivity index (χ3v) is 5.80. The van der Waals surface area contributed by atoms with Gasteiger partial charge >= 0.3 is 0 Å². The average molecular weight is 509 g/mol. The summed E-state index contributed by atoms with van der Waals surface area (Å²) in [6, 6.07) is 4.85. The molecule has 5 N–H and O–H groups in total. The minimum atomic E-state index is -0.845. The van der Waals surface area contributed by atoms with Gasteiger partial charge in [0.15, 0.2) is 0 Å². The first kappa shape index (κ1) is 29.6. The number of ether oxygens (including phenoxy) is 1. The van der Waals surface area contributed by atoms with E-state index in [0.29, 0.717) is 31.7 Å². The van der Waals surface area contributed by atoms with E-state index in [9.17, 15) is 14.4 Å². The lowest BCUT2D eigenvalue weighted by Gasteiger charge is -2.25. The maximum atomic E-state index is 13.1. The summed E-state index contributed by atoms with van der Waals surface area (Å²) in [4.78, 5) is 38.8. The summed E-state index contributed by atoms with van der Waals surface area (Å²) < 4.78 is 5.47. The van der Waals surface area contributed by atoms with Gasteiger partial charge < -0.3 is 26.4 Å². The van der Waals surface area contributed by atoms with Crippen molar-refractivity contribution in [2.75, 3.05) is 13.2 Å². The number of carbonyl (C=O) groups is 3. The Morgan fingerprint density at radius 2 is 1.62 bits per heavy atom. The van der Waals surface area contributed by atoms with E-state index in [0.717, 1.165) is 5.56 Å². The predicted molar refractivity (Wildman–Crippen MR) is 147 cm³/mol. The smallest absolute Gasteiger partial charge is 0.243 e. The Bertz CT molecular complexity index is 972. The molecule has 1 aliphatic carbocycles. The zero-order valence-electron chi connectivity index (χ0n) is 21.8. The summed E-state index contributed by atoms with van der Waals surface area (Å²) >= 11 is 0. The number of hydrogen-bond donors (Lipinski definition) is 4. The van der Waals surface area contributed by atoms with Crippen LogP contribution in [0.5, 0.6) is 5.75 Å². The van der Waals surface area contributed by atoms with Crippen LogP contribution in [0, 0.1) is 11.8 Å². The highest BCUT2D eigenvalue weighted by molar-refractivity contribution is 5.93. The Kier molecular flexibility index (Phi) is 12.4. The van der Waals surface area contributed by atoms with Crippen molar-refractivity contribution in [2.45, 2.75) is 51.2 Å². The summed E-state index contributed by atoms with van der Waals surface area (Å²) in [5, 5.41) is 8.43. The van der Waals surface area contributed by atoms with E-state index in [2.05, 4.69) is 29.1 Å². The lowest BCUT2D eigenvalue weighted by Crippen LogP contribution is -2.56. The van der Waals surface area contributed by atoms with Gasteiger partial charge in [-0.2, -0.15) is 0 Å². The second-order valence-electron chi connectivity index (χ2n) is 9.51. The predicted octanol–water partition coefficient (Wildman–Crippen LogP) is 2.57. The van der Waals surface area contributed by atoms with Crippen LogP contribution in [-0.2, 0) is 20.8 Å². The highest BCUT2D eigenvalue weighted by atomic mass is 16.5. The maximum Gasteiger partial charge on any atom is 0.243 e. The molecule has 0 saturated heterocycles. The van der Waals surface area contributed by atoms with Gasteiger partial charge in [0.1, 0.15) is 24.4 Å². The maximum absolute atomic E-state index is 13.1. The Morgan fingerprint density at radius 3 is 2.22 bits per heavy atom. The molecule has 0 bridgehead atoms. The van der Waals surface area contributed by atoms with E-state index < -0.39 is 29.9 Å². The number of benzene rings is 1. The lowest BCUT2D eigenvalue weighted by molar-refractivity contribution is -0.132. The van der Waals surface area contributed by atoms with Crippen LogP contribution >= 0.6 is 0 Å². The van der Waals surface area contributed by atoms with Crippen LogP contribution in [0.15, 0.2) is 73.9 Å². The summed E-state index contributed by atoms with van der Waals surface area (Å²) in [6.07, 6.45) is 12.1. The van der Waals surface area contributed by atoms with Crippen LogP contribution in [0.3, 0.4) is 0 Å². The molecule has 0 heterocycles. The Hall–Kier alpha value is -3.65. The molecule has 0 fully saturated rings. The summed E-state index contributed by atoms with van der Waals surface area (Å²) in [5.74, 6) is -0.200. The van der Waals surface area contributed by atoms with Gasteiger partial charge in [0.25, 0.3) is 0 Å².